The second kappa shape index (κ2) is 8.30. The Hall–Kier alpha value is -3.63. The molecular formula is C24H26N6O4. The Labute approximate surface area is 195 Å². The number of nitrogens with zero attached hydrogens (tertiary/aromatic N) is 5. The van der Waals surface area contributed by atoms with Crippen LogP contribution in [0.4, 0.5) is 0 Å². The van der Waals surface area contributed by atoms with Gasteiger partial charge in [-0.2, -0.15) is 15.3 Å². The Kier molecular flexibility index (Phi) is 5.11. The van der Waals surface area contributed by atoms with E-state index in [9.17, 15) is 5.11 Å². The lowest BCUT2D eigenvalue weighted by molar-refractivity contribution is 0.115. The number of nitrogens with one attached hydrogen (secondary N) is 1. The van der Waals surface area contributed by atoms with Gasteiger partial charge in [0, 0.05) is 18.9 Å². The van der Waals surface area contributed by atoms with E-state index in [0.717, 1.165) is 39.0 Å². The number of aliphatic hydroxyl groups excluding tert-OH is 1. The molecule has 10 nitrogen and oxygen atoms in total. The molecule has 2 atom stereocenters. The molecule has 1 aromatic carbocycles. The second-order valence-electron chi connectivity index (χ2n) is 8.66. The first kappa shape index (κ1) is 20.9. The van der Waals surface area contributed by atoms with Gasteiger partial charge in [-0.15, -0.1) is 0 Å². The number of fused-ring (bicyclic) bond motifs is 4. The summed E-state index contributed by atoms with van der Waals surface area (Å²) in [6, 6.07) is 5.83. The monoisotopic (exact) mass is 462 g/mol. The number of ether oxygens (including phenoxy) is 3. The number of aromatic nitrogens is 6. The summed E-state index contributed by atoms with van der Waals surface area (Å²) < 4.78 is 21.3. The molecule has 0 saturated carbocycles. The Morgan fingerprint density at radius 1 is 1.12 bits per heavy atom. The van der Waals surface area contributed by atoms with E-state index in [-0.39, 0.29) is 12.6 Å². The topological polar surface area (TPSA) is 112 Å². The van der Waals surface area contributed by atoms with Crippen LogP contribution < -0.4 is 9.47 Å². The van der Waals surface area contributed by atoms with Gasteiger partial charge < -0.3 is 19.3 Å². The van der Waals surface area contributed by atoms with Crippen LogP contribution in [-0.4, -0.2) is 67.4 Å². The number of H-pyrrole nitrogens is 1. The van der Waals surface area contributed by atoms with Gasteiger partial charge in [0.1, 0.15) is 12.1 Å². The number of aliphatic hydroxyl groups is 1. The summed E-state index contributed by atoms with van der Waals surface area (Å²) in [6.45, 7) is 3.53. The third-order valence-corrected chi connectivity index (χ3v) is 6.38. The van der Waals surface area contributed by atoms with E-state index in [2.05, 4.69) is 21.4 Å². The minimum Gasteiger partial charge on any atom is -0.477 e. The molecule has 2 aliphatic rings. The molecule has 10 heteroatoms. The summed E-state index contributed by atoms with van der Waals surface area (Å²) in [7, 11) is 1.87. The van der Waals surface area contributed by atoms with E-state index in [1.807, 2.05) is 44.5 Å². The van der Waals surface area contributed by atoms with Gasteiger partial charge in [0.15, 0.2) is 0 Å². The molecule has 1 saturated heterocycles. The molecule has 3 aromatic heterocycles. The van der Waals surface area contributed by atoms with Crippen molar-refractivity contribution in [1.29, 1.82) is 0 Å². The maximum absolute atomic E-state index is 10.4. The second-order valence-corrected chi connectivity index (χ2v) is 8.66. The lowest BCUT2D eigenvalue weighted by Crippen LogP contribution is -2.24. The predicted octanol–water partition coefficient (Wildman–Crippen LogP) is 2.73. The van der Waals surface area contributed by atoms with Gasteiger partial charge in [0.05, 0.1) is 60.7 Å². The van der Waals surface area contributed by atoms with E-state index in [4.69, 9.17) is 19.3 Å². The fourth-order valence-electron chi connectivity index (χ4n) is 4.55. The minimum atomic E-state index is -0.630. The summed E-state index contributed by atoms with van der Waals surface area (Å²) in [5.74, 6) is 1.33. The van der Waals surface area contributed by atoms with E-state index < -0.39 is 6.10 Å². The Bertz CT molecular complexity index is 1380. The van der Waals surface area contributed by atoms with Crippen LogP contribution in [0.3, 0.4) is 0 Å². The average molecular weight is 463 g/mol. The van der Waals surface area contributed by atoms with Crippen molar-refractivity contribution in [3.8, 4) is 22.9 Å². The molecule has 0 unspecified atom stereocenters. The molecule has 0 amide bonds. The first-order valence-electron chi connectivity index (χ1n) is 11.4. The van der Waals surface area contributed by atoms with Gasteiger partial charge in [-0.25, -0.2) is 9.36 Å². The van der Waals surface area contributed by atoms with E-state index >= 15 is 0 Å². The molecule has 4 aromatic rings. The largest absolute Gasteiger partial charge is 0.477 e. The molecule has 2 N–H and O–H groups in total. The van der Waals surface area contributed by atoms with Crippen molar-refractivity contribution in [2.24, 2.45) is 7.05 Å². The van der Waals surface area contributed by atoms with Gasteiger partial charge in [0.25, 0.3) is 0 Å². The standard InChI is InChI=1S/C24H26N6O4/c1-14-16-5-7-20-17-10-15(4-6-19(17)26-27-20)18-11-25-29(2)23(18)33-8-3-9-34-24(16)30(28-14)21-12-32-13-22(21)31/h4-7,10-11,21-22,31H,3,8-9,12-13H2,1-2H3,(H,26,27)/b7-5+/t21-,22-/m0/s1. The first-order valence-corrected chi connectivity index (χ1v) is 11.4. The highest BCUT2D eigenvalue weighted by molar-refractivity contribution is 5.93. The number of aryl methyl sites for hydroxylation is 2. The molecule has 34 heavy (non-hydrogen) atoms. The van der Waals surface area contributed by atoms with Crippen molar-refractivity contribution in [3.05, 3.63) is 41.3 Å². The summed E-state index contributed by atoms with van der Waals surface area (Å²) in [6.07, 6.45) is 5.84. The first-order chi connectivity index (χ1) is 16.6. The zero-order valence-corrected chi connectivity index (χ0v) is 19.1. The fourth-order valence-corrected chi connectivity index (χ4v) is 4.55. The molecule has 6 rings (SSSR count). The number of rotatable bonds is 1. The van der Waals surface area contributed by atoms with Gasteiger partial charge in [-0.05, 0) is 36.8 Å². The molecule has 0 aliphatic carbocycles. The summed E-state index contributed by atoms with van der Waals surface area (Å²) in [5.41, 5.74) is 5.36. The van der Waals surface area contributed by atoms with Gasteiger partial charge in [-0.1, -0.05) is 6.07 Å². The quantitative estimate of drug-likeness (QED) is 0.447. The van der Waals surface area contributed by atoms with Crippen LogP contribution in [0.15, 0.2) is 24.4 Å². The van der Waals surface area contributed by atoms with Crippen molar-refractivity contribution in [2.45, 2.75) is 25.5 Å². The highest BCUT2D eigenvalue weighted by Crippen LogP contribution is 2.34. The van der Waals surface area contributed by atoms with E-state index in [0.29, 0.717) is 38.0 Å². The number of hydrogen-bond acceptors (Lipinski definition) is 7. The number of hydrogen-bond donors (Lipinski definition) is 2. The third kappa shape index (κ3) is 3.46. The zero-order chi connectivity index (χ0) is 23.2. The molecule has 2 bridgehead atoms. The molecule has 1 fully saturated rings. The van der Waals surface area contributed by atoms with Crippen LogP contribution in [0.2, 0.25) is 0 Å². The Morgan fingerprint density at radius 2 is 1.97 bits per heavy atom. The molecule has 5 heterocycles. The van der Waals surface area contributed by atoms with Gasteiger partial charge in [0.2, 0.25) is 11.8 Å². The summed E-state index contributed by atoms with van der Waals surface area (Å²) >= 11 is 0. The van der Waals surface area contributed by atoms with Crippen LogP contribution in [0, 0.1) is 6.92 Å². The zero-order valence-electron chi connectivity index (χ0n) is 19.1. The number of benzene rings is 1. The Balaban J connectivity index is 1.47. The van der Waals surface area contributed by atoms with Crippen LogP contribution in [0.25, 0.3) is 34.2 Å². The van der Waals surface area contributed by atoms with Crippen LogP contribution in [-0.2, 0) is 11.8 Å². The van der Waals surface area contributed by atoms with E-state index in [1.54, 1.807) is 9.36 Å². The maximum atomic E-state index is 10.4. The molecule has 2 aliphatic heterocycles. The van der Waals surface area contributed by atoms with Crippen molar-refractivity contribution in [2.75, 3.05) is 26.4 Å². The smallest absolute Gasteiger partial charge is 0.219 e. The van der Waals surface area contributed by atoms with Gasteiger partial charge >= 0.3 is 0 Å². The summed E-state index contributed by atoms with van der Waals surface area (Å²) in [4.78, 5) is 0. The maximum Gasteiger partial charge on any atom is 0.219 e. The van der Waals surface area contributed by atoms with Crippen molar-refractivity contribution in [3.63, 3.8) is 0 Å². The predicted molar refractivity (Wildman–Crippen MR) is 126 cm³/mol. The highest BCUT2D eigenvalue weighted by atomic mass is 16.5. The molecular weight excluding hydrogens is 436 g/mol. The van der Waals surface area contributed by atoms with Crippen molar-refractivity contribution < 1.29 is 19.3 Å². The normalized spacial score (nSPS) is 21.4. The van der Waals surface area contributed by atoms with Gasteiger partial charge in [-0.3, -0.25) is 5.10 Å². The lowest BCUT2D eigenvalue weighted by Gasteiger charge is -2.17. The van der Waals surface area contributed by atoms with Crippen LogP contribution in [0.1, 0.15) is 29.4 Å². The van der Waals surface area contributed by atoms with Crippen molar-refractivity contribution in [1.82, 2.24) is 29.8 Å². The van der Waals surface area contributed by atoms with Crippen molar-refractivity contribution >= 4 is 23.1 Å². The SMILES string of the molecule is Cc1nn([C@H]2COC[C@@H]2O)c2c1/C=C/c1[nH]nc3ccc(cc13)-c1cnn(C)c1OCCCO2. The number of aromatic amines is 1. The summed E-state index contributed by atoms with van der Waals surface area (Å²) in [5, 5.41) is 28.1. The minimum absolute atomic E-state index is 0.289. The molecule has 0 spiro atoms. The van der Waals surface area contributed by atoms with E-state index in [1.165, 1.54) is 0 Å². The lowest BCUT2D eigenvalue weighted by atomic mass is 10.1. The van der Waals surface area contributed by atoms with Crippen LogP contribution >= 0.6 is 0 Å². The van der Waals surface area contributed by atoms with Crippen LogP contribution in [0.5, 0.6) is 11.8 Å². The molecule has 0 radical (unpaired) electrons. The Morgan fingerprint density at radius 3 is 2.79 bits per heavy atom. The average Bonchev–Trinajstić information content (AvgIpc) is 3.59. The highest BCUT2D eigenvalue weighted by Gasteiger charge is 2.32. The fraction of sp³-hybridized carbons (Fsp3) is 0.375. The third-order valence-electron chi connectivity index (χ3n) is 6.38. The molecule has 176 valence electrons.